The minimum Gasteiger partial charge on any atom is -0.495 e. The van der Waals surface area contributed by atoms with E-state index in [0.29, 0.717) is 6.29 Å². The predicted octanol–water partition coefficient (Wildman–Crippen LogP) is 1.64. The van der Waals surface area contributed by atoms with Gasteiger partial charge in [-0.2, -0.15) is 0 Å². The molecule has 0 unspecified atom stereocenters. The van der Waals surface area contributed by atoms with Crippen LogP contribution in [-0.4, -0.2) is 20.5 Å². The van der Waals surface area contributed by atoms with Crippen LogP contribution < -0.4 is 10.4 Å². The molecule has 5 heteroatoms. The number of carbonyl (C=O) groups excluding carboxylic acids is 1. The molecular formula is C12H14O5. The fourth-order valence-corrected chi connectivity index (χ4v) is 1.47. The normalized spacial score (nSPS) is 10.8. The summed E-state index contributed by atoms with van der Waals surface area (Å²) >= 11 is 0. The van der Waals surface area contributed by atoms with E-state index in [0.717, 1.165) is 0 Å². The largest absolute Gasteiger partial charge is 0.495 e. The molecule has 5 nitrogen and oxygen atoms in total. The SMILES string of the molecule is C/C=C/c1oc(=O)c(COC)c(OC)c1C=O. The van der Waals surface area contributed by atoms with Gasteiger partial charge in [0.2, 0.25) is 0 Å². The van der Waals surface area contributed by atoms with Gasteiger partial charge in [0.25, 0.3) is 0 Å². The molecular weight excluding hydrogens is 224 g/mol. The Morgan fingerprint density at radius 3 is 2.53 bits per heavy atom. The predicted molar refractivity (Wildman–Crippen MR) is 62.3 cm³/mol. The highest BCUT2D eigenvalue weighted by molar-refractivity contribution is 5.84. The second kappa shape index (κ2) is 6.00. The molecule has 0 saturated heterocycles. The van der Waals surface area contributed by atoms with Crippen LogP contribution in [0.4, 0.5) is 0 Å². The molecule has 0 N–H and O–H groups in total. The van der Waals surface area contributed by atoms with Crippen molar-refractivity contribution in [2.45, 2.75) is 13.5 Å². The van der Waals surface area contributed by atoms with Gasteiger partial charge >= 0.3 is 5.63 Å². The van der Waals surface area contributed by atoms with E-state index in [1.54, 1.807) is 13.0 Å². The fourth-order valence-electron chi connectivity index (χ4n) is 1.47. The van der Waals surface area contributed by atoms with Crippen molar-refractivity contribution >= 4 is 12.4 Å². The number of carbonyl (C=O) groups is 1. The van der Waals surface area contributed by atoms with E-state index >= 15 is 0 Å². The average Bonchev–Trinajstić information content (AvgIpc) is 2.32. The second-order valence-corrected chi connectivity index (χ2v) is 3.23. The highest BCUT2D eigenvalue weighted by Crippen LogP contribution is 2.24. The van der Waals surface area contributed by atoms with E-state index in [9.17, 15) is 9.59 Å². The van der Waals surface area contributed by atoms with Crippen molar-refractivity contribution in [2.75, 3.05) is 14.2 Å². The van der Waals surface area contributed by atoms with Gasteiger partial charge in [0, 0.05) is 7.11 Å². The zero-order valence-corrected chi connectivity index (χ0v) is 9.98. The molecule has 0 aliphatic carbocycles. The monoisotopic (exact) mass is 238 g/mol. The summed E-state index contributed by atoms with van der Waals surface area (Å²) in [6.45, 7) is 1.78. The Hall–Kier alpha value is -1.88. The lowest BCUT2D eigenvalue weighted by atomic mass is 10.1. The molecule has 0 aromatic carbocycles. The molecule has 0 amide bonds. The maximum atomic E-state index is 11.7. The molecule has 92 valence electrons. The first-order valence-electron chi connectivity index (χ1n) is 5.00. The maximum absolute atomic E-state index is 11.7. The smallest absolute Gasteiger partial charge is 0.345 e. The molecule has 0 aliphatic heterocycles. The van der Waals surface area contributed by atoms with E-state index < -0.39 is 5.63 Å². The molecule has 0 bridgehead atoms. The molecule has 0 radical (unpaired) electrons. The van der Waals surface area contributed by atoms with Crippen molar-refractivity contribution in [3.05, 3.63) is 33.4 Å². The lowest BCUT2D eigenvalue weighted by Crippen LogP contribution is -2.14. The minimum atomic E-state index is -0.567. The minimum absolute atomic E-state index is 0.0302. The van der Waals surface area contributed by atoms with Crippen LogP contribution in [0.3, 0.4) is 0 Å². The lowest BCUT2D eigenvalue weighted by molar-refractivity contribution is 0.111. The van der Waals surface area contributed by atoms with Gasteiger partial charge in [0.1, 0.15) is 17.1 Å². The van der Waals surface area contributed by atoms with Crippen molar-refractivity contribution in [3.8, 4) is 5.75 Å². The second-order valence-electron chi connectivity index (χ2n) is 3.23. The van der Waals surface area contributed by atoms with Crippen molar-refractivity contribution in [3.63, 3.8) is 0 Å². The van der Waals surface area contributed by atoms with Crippen LogP contribution in [0.5, 0.6) is 5.75 Å². The van der Waals surface area contributed by atoms with Gasteiger partial charge in [0.15, 0.2) is 6.29 Å². The van der Waals surface area contributed by atoms with E-state index in [2.05, 4.69) is 0 Å². The summed E-state index contributed by atoms with van der Waals surface area (Å²) in [5, 5.41) is 0. The summed E-state index contributed by atoms with van der Waals surface area (Å²) < 4.78 is 15.0. The van der Waals surface area contributed by atoms with Crippen molar-refractivity contribution in [1.82, 2.24) is 0 Å². The summed E-state index contributed by atoms with van der Waals surface area (Å²) in [5.74, 6) is 0.385. The first-order valence-corrected chi connectivity index (χ1v) is 5.00. The number of aldehydes is 1. The summed E-state index contributed by atoms with van der Waals surface area (Å²) in [6, 6.07) is 0. The topological polar surface area (TPSA) is 65.7 Å². The summed E-state index contributed by atoms with van der Waals surface area (Å²) in [7, 11) is 2.83. The van der Waals surface area contributed by atoms with Gasteiger partial charge in [-0.1, -0.05) is 6.08 Å². The van der Waals surface area contributed by atoms with Crippen molar-refractivity contribution < 1.29 is 18.7 Å². The molecule has 0 aliphatic rings. The molecule has 1 aromatic rings. The van der Waals surface area contributed by atoms with E-state index in [4.69, 9.17) is 13.9 Å². The first-order chi connectivity index (χ1) is 8.19. The average molecular weight is 238 g/mol. The third-order valence-electron chi connectivity index (χ3n) is 2.16. The van der Waals surface area contributed by atoms with E-state index in [-0.39, 0.29) is 29.2 Å². The third-order valence-corrected chi connectivity index (χ3v) is 2.16. The van der Waals surface area contributed by atoms with Crippen molar-refractivity contribution in [2.24, 2.45) is 0 Å². The molecule has 1 aromatic heterocycles. The highest BCUT2D eigenvalue weighted by atomic mass is 16.5. The first kappa shape index (κ1) is 13.2. The summed E-state index contributed by atoms with van der Waals surface area (Å²) in [4.78, 5) is 22.7. The molecule has 17 heavy (non-hydrogen) atoms. The number of ether oxygens (including phenoxy) is 2. The third kappa shape index (κ3) is 2.62. The van der Waals surface area contributed by atoms with E-state index in [1.165, 1.54) is 20.3 Å². The Morgan fingerprint density at radius 2 is 2.06 bits per heavy atom. The Labute approximate surface area is 98.7 Å². The van der Waals surface area contributed by atoms with Gasteiger partial charge < -0.3 is 13.9 Å². The van der Waals surface area contributed by atoms with Crippen LogP contribution in [0.1, 0.15) is 28.6 Å². The van der Waals surface area contributed by atoms with Crippen LogP contribution >= 0.6 is 0 Å². The number of hydrogen-bond donors (Lipinski definition) is 0. The highest BCUT2D eigenvalue weighted by Gasteiger charge is 2.18. The standard InChI is InChI=1S/C12H14O5/c1-4-5-10-8(6-13)11(16-3)9(7-15-2)12(14)17-10/h4-6H,7H2,1-3H3/b5-4+. The molecule has 0 fully saturated rings. The van der Waals surface area contributed by atoms with Crippen molar-refractivity contribution in [1.29, 1.82) is 0 Å². The quantitative estimate of drug-likeness (QED) is 0.729. The Balaban J connectivity index is 3.56. The van der Waals surface area contributed by atoms with Gasteiger partial charge in [-0.15, -0.1) is 0 Å². The summed E-state index contributed by atoms with van der Waals surface area (Å²) in [5.41, 5.74) is -0.162. The van der Waals surface area contributed by atoms with Gasteiger partial charge in [-0.05, 0) is 13.0 Å². The Bertz CT molecular complexity index is 484. The van der Waals surface area contributed by atoms with Crippen LogP contribution in [0.15, 0.2) is 15.3 Å². The molecule has 1 heterocycles. The Kier molecular flexibility index (Phi) is 4.66. The number of hydrogen-bond acceptors (Lipinski definition) is 5. The number of methoxy groups -OCH3 is 2. The van der Waals surface area contributed by atoms with Crippen LogP contribution in [0, 0.1) is 0 Å². The molecule has 0 atom stereocenters. The lowest BCUT2D eigenvalue weighted by Gasteiger charge is -2.10. The molecule has 0 spiro atoms. The van der Waals surface area contributed by atoms with Gasteiger partial charge in [-0.3, -0.25) is 4.79 Å². The van der Waals surface area contributed by atoms with Crippen LogP contribution in [0.2, 0.25) is 0 Å². The van der Waals surface area contributed by atoms with Gasteiger partial charge in [0.05, 0.1) is 19.3 Å². The molecule has 0 saturated carbocycles. The van der Waals surface area contributed by atoms with E-state index in [1.807, 2.05) is 0 Å². The molecule has 1 rings (SSSR count). The van der Waals surface area contributed by atoms with Gasteiger partial charge in [-0.25, -0.2) is 4.79 Å². The number of rotatable bonds is 5. The Morgan fingerprint density at radius 1 is 1.35 bits per heavy atom. The number of allylic oxidation sites excluding steroid dienone is 1. The summed E-state index contributed by atoms with van der Waals surface area (Å²) in [6.07, 6.45) is 3.79. The fraction of sp³-hybridized carbons (Fsp3) is 0.333. The zero-order chi connectivity index (χ0) is 12.8. The van der Waals surface area contributed by atoms with Crippen LogP contribution in [-0.2, 0) is 11.3 Å². The maximum Gasteiger partial charge on any atom is 0.345 e. The zero-order valence-electron chi connectivity index (χ0n) is 9.98. The van der Waals surface area contributed by atoms with Crippen LogP contribution in [0.25, 0.3) is 6.08 Å².